The van der Waals surface area contributed by atoms with E-state index in [0.29, 0.717) is 5.92 Å². The SMILES string of the molecule is CCC(C)c1cc2c3ccncc3n(C)c2cn1. The van der Waals surface area contributed by atoms with Gasteiger partial charge in [-0.25, -0.2) is 0 Å². The van der Waals surface area contributed by atoms with Crippen LogP contribution < -0.4 is 0 Å². The Labute approximate surface area is 106 Å². The lowest BCUT2D eigenvalue weighted by molar-refractivity contribution is 0.709. The van der Waals surface area contributed by atoms with Gasteiger partial charge < -0.3 is 4.57 Å². The summed E-state index contributed by atoms with van der Waals surface area (Å²) in [5.41, 5.74) is 3.51. The predicted molar refractivity (Wildman–Crippen MR) is 74.7 cm³/mol. The van der Waals surface area contributed by atoms with Crippen molar-refractivity contribution in [3.05, 3.63) is 36.4 Å². The third-order valence-electron chi connectivity index (χ3n) is 3.83. The van der Waals surface area contributed by atoms with Gasteiger partial charge in [0, 0.05) is 29.7 Å². The van der Waals surface area contributed by atoms with E-state index in [-0.39, 0.29) is 0 Å². The summed E-state index contributed by atoms with van der Waals surface area (Å²) >= 11 is 0. The minimum absolute atomic E-state index is 0.506. The second kappa shape index (κ2) is 4.09. The van der Waals surface area contributed by atoms with Crippen LogP contribution in [0.4, 0.5) is 0 Å². The van der Waals surface area contributed by atoms with Gasteiger partial charge in [-0.3, -0.25) is 9.97 Å². The fraction of sp³-hybridized carbons (Fsp3) is 0.333. The molecule has 0 aliphatic carbocycles. The summed E-state index contributed by atoms with van der Waals surface area (Å²) in [6.07, 6.45) is 6.87. The van der Waals surface area contributed by atoms with E-state index in [4.69, 9.17) is 0 Å². The van der Waals surface area contributed by atoms with Crippen molar-refractivity contribution < 1.29 is 0 Å². The number of hydrogen-bond acceptors (Lipinski definition) is 2. The number of hydrogen-bond donors (Lipinski definition) is 0. The van der Waals surface area contributed by atoms with Crippen LogP contribution in [-0.2, 0) is 7.05 Å². The van der Waals surface area contributed by atoms with Crippen molar-refractivity contribution in [2.45, 2.75) is 26.2 Å². The Balaban J connectivity index is 2.36. The summed E-state index contributed by atoms with van der Waals surface area (Å²) in [7, 11) is 2.07. The van der Waals surface area contributed by atoms with E-state index in [1.807, 2.05) is 18.6 Å². The van der Waals surface area contributed by atoms with Gasteiger partial charge in [0.2, 0.25) is 0 Å². The highest BCUT2D eigenvalue weighted by Gasteiger charge is 2.11. The summed E-state index contributed by atoms with van der Waals surface area (Å²) in [4.78, 5) is 8.79. The molecule has 0 saturated carbocycles. The Kier molecular flexibility index (Phi) is 2.54. The zero-order chi connectivity index (χ0) is 12.7. The number of pyridine rings is 2. The van der Waals surface area contributed by atoms with Gasteiger partial charge in [-0.1, -0.05) is 13.8 Å². The lowest BCUT2D eigenvalue weighted by Crippen LogP contribution is -1.95. The van der Waals surface area contributed by atoms with E-state index < -0.39 is 0 Å². The maximum absolute atomic E-state index is 4.59. The van der Waals surface area contributed by atoms with Gasteiger partial charge in [-0.15, -0.1) is 0 Å². The number of rotatable bonds is 2. The molecule has 0 aliphatic rings. The normalized spacial score (nSPS) is 13.3. The summed E-state index contributed by atoms with van der Waals surface area (Å²) in [6.45, 7) is 4.42. The van der Waals surface area contributed by atoms with Crippen LogP contribution in [0.15, 0.2) is 30.7 Å². The van der Waals surface area contributed by atoms with Gasteiger partial charge in [0.1, 0.15) is 0 Å². The maximum Gasteiger partial charge on any atom is 0.0675 e. The standard InChI is InChI=1S/C15H17N3/c1-4-10(2)13-7-12-11-5-6-16-8-14(11)18(3)15(12)9-17-13/h5-10H,4H2,1-3H3. The van der Waals surface area contributed by atoms with Crippen molar-refractivity contribution in [3.63, 3.8) is 0 Å². The zero-order valence-corrected chi connectivity index (χ0v) is 11.0. The molecule has 3 heterocycles. The number of aromatic nitrogens is 3. The van der Waals surface area contributed by atoms with Crippen molar-refractivity contribution >= 4 is 21.8 Å². The Morgan fingerprint density at radius 1 is 1.22 bits per heavy atom. The number of fused-ring (bicyclic) bond motifs is 3. The van der Waals surface area contributed by atoms with Crippen molar-refractivity contribution in [1.29, 1.82) is 0 Å². The molecule has 0 saturated heterocycles. The first kappa shape index (κ1) is 11.2. The molecule has 92 valence electrons. The van der Waals surface area contributed by atoms with E-state index >= 15 is 0 Å². The summed E-state index contributed by atoms with van der Waals surface area (Å²) in [5.74, 6) is 0.506. The second-order valence-electron chi connectivity index (χ2n) is 4.89. The first-order valence-corrected chi connectivity index (χ1v) is 6.40. The van der Waals surface area contributed by atoms with Gasteiger partial charge in [-0.2, -0.15) is 0 Å². The average molecular weight is 239 g/mol. The van der Waals surface area contributed by atoms with E-state index in [9.17, 15) is 0 Å². The van der Waals surface area contributed by atoms with Crippen molar-refractivity contribution in [1.82, 2.24) is 14.5 Å². The highest BCUT2D eigenvalue weighted by molar-refractivity contribution is 6.07. The molecule has 3 rings (SSSR count). The van der Waals surface area contributed by atoms with Crippen molar-refractivity contribution in [2.75, 3.05) is 0 Å². The second-order valence-corrected chi connectivity index (χ2v) is 4.89. The van der Waals surface area contributed by atoms with Gasteiger partial charge >= 0.3 is 0 Å². The average Bonchev–Trinajstić information content (AvgIpc) is 2.72. The first-order valence-electron chi connectivity index (χ1n) is 6.40. The van der Waals surface area contributed by atoms with Crippen LogP contribution in [0.3, 0.4) is 0 Å². The smallest absolute Gasteiger partial charge is 0.0675 e. The van der Waals surface area contributed by atoms with Crippen LogP contribution in [0, 0.1) is 0 Å². The molecule has 0 aliphatic heterocycles. The molecule has 0 radical (unpaired) electrons. The molecule has 3 aromatic rings. The fourth-order valence-corrected chi connectivity index (χ4v) is 2.44. The van der Waals surface area contributed by atoms with Gasteiger partial charge in [-0.05, 0) is 24.5 Å². The van der Waals surface area contributed by atoms with E-state index in [2.05, 4.69) is 47.6 Å². The van der Waals surface area contributed by atoms with E-state index in [1.54, 1.807) is 0 Å². The summed E-state index contributed by atoms with van der Waals surface area (Å²) in [5, 5.41) is 2.54. The maximum atomic E-state index is 4.59. The molecule has 0 bridgehead atoms. The molecule has 18 heavy (non-hydrogen) atoms. The topological polar surface area (TPSA) is 30.7 Å². The molecule has 1 unspecified atom stereocenters. The quantitative estimate of drug-likeness (QED) is 0.683. The van der Waals surface area contributed by atoms with Crippen molar-refractivity contribution in [2.24, 2.45) is 7.05 Å². The molecule has 3 nitrogen and oxygen atoms in total. The lowest BCUT2D eigenvalue weighted by atomic mass is 10.0. The Morgan fingerprint density at radius 2 is 2.00 bits per heavy atom. The van der Waals surface area contributed by atoms with Gasteiger partial charge in [0.15, 0.2) is 0 Å². The molecule has 0 N–H and O–H groups in total. The molecule has 3 aromatic heterocycles. The minimum atomic E-state index is 0.506. The summed E-state index contributed by atoms with van der Waals surface area (Å²) < 4.78 is 2.16. The molecule has 0 aromatic carbocycles. The van der Waals surface area contributed by atoms with Crippen molar-refractivity contribution in [3.8, 4) is 0 Å². The molecule has 0 spiro atoms. The largest absolute Gasteiger partial charge is 0.341 e. The fourth-order valence-electron chi connectivity index (χ4n) is 2.44. The summed E-state index contributed by atoms with van der Waals surface area (Å²) in [6, 6.07) is 4.31. The van der Waals surface area contributed by atoms with E-state index in [0.717, 1.165) is 11.9 Å². The van der Waals surface area contributed by atoms with Crippen LogP contribution in [0.5, 0.6) is 0 Å². The predicted octanol–water partition coefficient (Wildman–Crippen LogP) is 3.64. The first-order chi connectivity index (χ1) is 8.72. The van der Waals surface area contributed by atoms with Gasteiger partial charge in [0.25, 0.3) is 0 Å². The Morgan fingerprint density at radius 3 is 2.78 bits per heavy atom. The molecular weight excluding hydrogens is 222 g/mol. The Hall–Kier alpha value is -1.90. The minimum Gasteiger partial charge on any atom is -0.341 e. The molecular formula is C15H17N3. The number of aryl methyl sites for hydroxylation is 1. The van der Waals surface area contributed by atoms with Crippen LogP contribution in [0.1, 0.15) is 31.9 Å². The van der Waals surface area contributed by atoms with Gasteiger partial charge in [0.05, 0.1) is 23.4 Å². The Bertz CT molecular complexity index is 712. The van der Waals surface area contributed by atoms with Crippen LogP contribution in [0.2, 0.25) is 0 Å². The lowest BCUT2D eigenvalue weighted by Gasteiger charge is -2.07. The highest BCUT2D eigenvalue weighted by atomic mass is 15.0. The molecule has 3 heteroatoms. The van der Waals surface area contributed by atoms with Crippen LogP contribution >= 0.6 is 0 Å². The molecule has 0 fully saturated rings. The van der Waals surface area contributed by atoms with Crippen LogP contribution in [0.25, 0.3) is 21.8 Å². The monoisotopic (exact) mass is 239 g/mol. The third-order valence-corrected chi connectivity index (χ3v) is 3.83. The highest BCUT2D eigenvalue weighted by Crippen LogP contribution is 2.29. The van der Waals surface area contributed by atoms with Crippen LogP contribution in [-0.4, -0.2) is 14.5 Å². The molecule has 0 amide bonds. The molecule has 1 atom stereocenters. The zero-order valence-electron chi connectivity index (χ0n) is 11.0. The number of nitrogens with zero attached hydrogens (tertiary/aromatic N) is 3. The van der Waals surface area contributed by atoms with E-state index in [1.165, 1.54) is 22.0 Å². The third kappa shape index (κ3) is 1.50.